The molecule has 0 aliphatic carbocycles. The minimum Gasteiger partial charge on any atom is -0.310 e. The highest BCUT2D eigenvalue weighted by atomic mass is 19.1. The fourth-order valence-corrected chi connectivity index (χ4v) is 2.52. The molecule has 2 rings (SSSR count). The van der Waals surface area contributed by atoms with E-state index in [0.29, 0.717) is 0 Å². The molecule has 1 unspecified atom stereocenters. The van der Waals surface area contributed by atoms with E-state index in [9.17, 15) is 4.39 Å². The summed E-state index contributed by atoms with van der Waals surface area (Å²) in [4.78, 5) is 0. The van der Waals surface area contributed by atoms with Gasteiger partial charge in [0.15, 0.2) is 0 Å². The normalized spacial score (nSPS) is 12.7. The summed E-state index contributed by atoms with van der Waals surface area (Å²) in [6, 6.07) is 5.25. The number of rotatable bonds is 5. The Kier molecular flexibility index (Phi) is 4.55. The van der Waals surface area contributed by atoms with Gasteiger partial charge in [0.2, 0.25) is 0 Å². The predicted molar refractivity (Wildman–Crippen MR) is 79.2 cm³/mol. The van der Waals surface area contributed by atoms with Gasteiger partial charge in [0, 0.05) is 24.8 Å². The van der Waals surface area contributed by atoms with Crippen molar-refractivity contribution in [3.63, 3.8) is 0 Å². The van der Waals surface area contributed by atoms with Crippen molar-refractivity contribution in [2.75, 3.05) is 6.54 Å². The van der Waals surface area contributed by atoms with E-state index in [1.807, 2.05) is 31.6 Å². The molecular formula is C16H22FN3. The summed E-state index contributed by atoms with van der Waals surface area (Å²) >= 11 is 0. The average Bonchev–Trinajstić information content (AvgIpc) is 2.71. The molecule has 1 atom stereocenters. The molecule has 0 spiro atoms. The Morgan fingerprint density at radius 3 is 2.70 bits per heavy atom. The van der Waals surface area contributed by atoms with Crippen LogP contribution in [0.1, 0.15) is 35.3 Å². The molecule has 3 nitrogen and oxygen atoms in total. The topological polar surface area (TPSA) is 29.9 Å². The molecule has 0 saturated heterocycles. The van der Waals surface area contributed by atoms with Crippen molar-refractivity contribution >= 4 is 0 Å². The van der Waals surface area contributed by atoms with Crippen LogP contribution in [-0.4, -0.2) is 16.3 Å². The maximum atomic E-state index is 13.0. The van der Waals surface area contributed by atoms with Gasteiger partial charge < -0.3 is 5.32 Å². The Bertz CT molecular complexity index is 589. The second-order valence-electron chi connectivity index (χ2n) is 5.34. The number of aryl methyl sites for hydroxylation is 3. The van der Waals surface area contributed by atoms with E-state index in [1.54, 1.807) is 6.07 Å². The predicted octanol–water partition coefficient (Wildman–Crippen LogP) is 3.07. The summed E-state index contributed by atoms with van der Waals surface area (Å²) < 4.78 is 14.9. The monoisotopic (exact) mass is 275 g/mol. The van der Waals surface area contributed by atoms with E-state index in [1.165, 1.54) is 17.2 Å². The summed E-state index contributed by atoms with van der Waals surface area (Å²) in [5.74, 6) is -0.168. The largest absolute Gasteiger partial charge is 0.310 e. The first kappa shape index (κ1) is 14.7. The van der Waals surface area contributed by atoms with Crippen molar-refractivity contribution < 1.29 is 4.39 Å². The standard InChI is InChI=1S/C16H22FN3/c1-11-9-15(17)6-5-14(11)7-8-18-12(2)16-10-20(4)19-13(16)3/h5-6,9-10,12,18H,7-8H2,1-4H3. The molecule has 0 bridgehead atoms. The molecule has 1 aromatic carbocycles. The van der Waals surface area contributed by atoms with Crippen molar-refractivity contribution in [1.29, 1.82) is 0 Å². The van der Waals surface area contributed by atoms with Gasteiger partial charge in [-0.05, 0) is 57.0 Å². The third-order valence-corrected chi connectivity index (χ3v) is 3.67. The van der Waals surface area contributed by atoms with Crippen LogP contribution >= 0.6 is 0 Å². The molecule has 0 fully saturated rings. The summed E-state index contributed by atoms with van der Waals surface area (Å²) in [5.41, 5.74) is 4.49. The van der Waals surface area contributed by atoms with Crippen LogP contribution in [0.2, 0.25) is 0 Å². The van der Waals surface area contributed by atoms with Crippen LogP contribution in [0.15, 0.2) is 24.4 Å². The molecule has 0 aliphatic rings. The highest BCUT2D eigenvalue weighted by Crippen LogP contribution is 2.16. The zero-order valence-electron chi connectivity index (χ0n) is 12.6. The number of hydrogen-bond donors (Lipinski definition) is 1. The van der Waals surface area contributed by atoms with E-state index in [4.69, 9.17) is 0 Å². The maximum absolute atomic E-state index is 13.0. The first-order valence-electron chi connectivity index (χ1n) is 6.96. The van der Waals surface area contributed by atoms with Crippen LogP contribution in [-0.2, 0) is 13.5 Å². The lowest BCUT2D eigenvalue weighted by Gasteiger charge is -2.14. The summed E-state index contributed by atoms with van der Waals surface area (Å²) in [6.07, 6.45) is 2.95. The zero-order valence-corrected chi connectivity index (χ0v) is 12.6. The van der Waals surface area contributed by atoms with Gasteiger partial charge in [0.25, 0.3) is 0 Å². The first-order chi connectivity index (χ1) is 9.47. The second-order valence-corrected chi connectivity index (χ2v) is 5.34. The highest BCUT2D eigenvalue weighted by Gasteiger charge is 2.11. The Labute approximate surface area is 119 Å². The van der Waals surface area contributed by atoms with Crippen LogP contribution in [0, 0.1) is 19.7 Å². The van der Waals surface area contributed by atoms with Crippen LogP contribution in [0.5, 0.6) is 0 Å². The Balaban J connectivity index is 1.91. The van der Waals surface area contributed by atoms with E-state index in [2.05, 4.69) is 23.5 Å². The van der Waals surface area contributed by atoms with Gasteiger partial charge in [-0.3, -0.25) is 4.68 Å². The van der Waals surface area contributed by atoms with E-state index in [-0.39, 0.29) is 11.9 Å². The van der Waals surface area contributed by atoms with Gasteiger partial charge in [0.05, 0.1) is 5.69 Å². The fraction of sp³-hybridized carbons (Fsp3) is 0.438. The number of nitrogens with one attached hydrogen (secondary N) is 1. The minimum absolute atomic E-state index is 0.168. The Hall–Kier alpha value is -1.68. The molecule has 4 heteroatoms. The highest BCUT2D eigenvalue weighted by molar-refractivity contribution is 5.27. The average molecular weight is 275 g/mol. The fourth-order valence-electron chi connectivity index (χ4n) is 2.52. The van der Waals surface area contributed by atoms with Crippen LogP contribution in [0.25, 0.3) is 0 Å². The summed E-state index contributed by atoms with van der Waals surface area (Å²) in [6.45, 7) is 6.98. The van der Waals surface area contributed by atoms with Gasteiger partial charge in [-0.2, -0.15) is 5.10 Å². The van der Waals surface area contributed by atoms with E-state index in [0.717, 1.165) is 24.2 Å². The van der Waals surface area contributed by atoms with Gasteiger partial charge >= 0.3 is 0 Å². The molecule has 0 radical (unpaired) electrons. The number of hydrogen-bond acceptors (Lipinski definition) is 2. The number of aromatic nitrogens is 2. The number of nitrogens with zero attached hydrogens (tertiary/aromatic N) is 2. The lowest BCUT2D eigenvalue weighted by Crippen LogP contribution is -2.21. The second kappa shape index (κ2) is 6.18. The minimum atomic E-state index is -0.168. The van der Waals surface area contributed by atoms with Gasteiger partial charge in [-0.1, -0.05) is 6.07 Å². The smallest absolute Gasteiger partial charge is 0.123 e. The SMILES string of the molecule is Cc1cc(F)ccc1CCNC(C)c1cn(C)nc1C. The van der Waals surface area contributed by atoms with E-state index < -0.39 is 0 Å². The van der Waals surface area contributed by atoms with Crippen LogP contribution < -0.4 is 5.32 Å². The zero-order chi connectivity index (χ0) is 14.7. The van der Waals surface area contributed by atoms with Crippen molar-refractivity contribution in [3.8, 4) is 0 Å². The number of benzene rings is 1. The van der Waals surface area contributed by atoms with Gasteiger partial charge in [-0.25, -0.2) is 4.39 Å². The molecule has 1 aromatic heterocycles. The first-order valence-corrected chi connectivity index (χ1v) is 6.96. The number of halogens is 1. The van der Waals surface area contributed by atoms with Crippen LogP contribution in [0.3, 0.4) is 0 Å². The van der Waals surface area contributed by atoms with Crippen molar-refractivity contribution in [2.24, 2.45) is 7.05 Å². The molecule has 0 amide bonds. The molecule has 1 heterocycles. The lowest BCUT2D eigenvalue weighted by molar-refractivity contribution is 0.572. The van der Waals surface area contributed by atoms with Gasteiger partial charge in [0.1, 0.15) is 5.82 Å². The summed E-state index contributed by atoms with van der Waals surface area (Å²) in [7, 11) is 1.94. The molecule has 0 saturated carbocycles. The molecular weight excluding hydrogens is 253 g/mol. The molecule has 1 N–H and O–H groups in total. The van der Waals surface area contributed by atoms with Gasteiger partial charge in [-0.15, -0.1) is 0 Å². The van der Waals surface area contributed by atoms with Crippen molar-refractivity contribution in [3.05, 3.63) is 52.6 Å². The third-order valence-electron chi connectivity index (χ3n) is 3.67. The molecule has 108 valence electrons. The van der Waals surface area contributed by atoms with Crippen LogP contribution in [0.4, 0.5) is 4.39 Å². The van der Waals surface area contributed by atoms with Crippen molar-refractivity contribution in [2.45, 2.75) is 33.2 Å². The third kappa shape index (κ3) is 3.45. The molecule has 20 heavy (non-hydrogen) atoms. The molecule has 2 aromatic rings. The maximum Gasteiger partial charge on any atom is 0.123 e. The Morgan fingerprint density at radius 2 is 2.10 bits per heavy atom. The Morgan fingerprint density at radius 1 is 1.35 bits per heavy atom. The van der Waals surface area contributed by atoms with E-state index >= 15 is 0 Å². The van der Waals surface area contributed by atoms with Crippen molar-refractivity contribution in [1.82, 2.24) is 15.1 Å². The summed E-state index contributed by atoms with van der Waals surface area (Å²) in [5, 5.41) is 7.85. The lowest BCUT2D eigenvalue weighted by atomic mass is 10.0. The quantitative estimate of drug-likeness (QED) is 0.909. The molecule has 0 aliphatic heterocycles.